The van der Waals surface area contributed by atoms with Gasteiger partial charge in [0.15, 0.2) is 11.5 Å². The normalized spacial score (nSPS) is 13.9. The number of allylic oxidation sites excluding steroid dienone is 1. The lowest BCUT2D eigenvalue weighted by Crippen LogP contribution is -2.10. The van der Waals surface area contributed by atoms with Crippen molar-refractivity contribution in [2.75, 3.05) is 7.11 Å². The van der Waals surface area contributed by atoms with Gasteiger partial charge in [0, 0.05) is 5.56 Å². The van der Waals surface area contributed by atoms with E-state index in [1.807, 2.05) is 6.07 Å². The highest BCUT2D eigenvalue weighted by Gasteiger charge is 2.32. The lowest BCUT2D eigenvalue weighted by Gasteiger charge is -2.10. The Kier molecular flexibility index (Phi) is 4.80. The van der Waals surface area contributed by atoms with Crippen molar-refractivity contribution in [3.05, 3.63) is 59.4 Å². The molecule has 0 amide bonds. The van der Waals surface area contributed by atoms with E-state index in [9.17, 15) is 14.4 Å². The molecule has 2 aromatic carbocycles. The van der Waals surface area contributed by atoms with Crippen molar-refractivity contribution in [3.8, 4) is 17.6 Å². The van der Waals surface area contributed by atoms with Gasteiger partial charge in [0.1, 0.15) is 5.82 Å². The standard InChI is InChI=1S/C20H16FNO3/c1-24-19-11-13(6-9-18(19)25-20(23)14-7-8-14)10-15(12-22)16-4-2-3-5-17(16)21/h2-6,9-11,14H,7-8H2,1H3/b15-10-. The fourth-order valence-corrected chi connectivity index (χ4v) is 2.39. The highest BCUT2D eigenvalue weighted by molar-refractivity contribution is 5.90. The number of hydrogen-bond donors (Lipinski definition) is 0. The van der Waals surface area contributed by atoms with Crippen molar-refractivity contribution < 1.29 is 18.7 Å². The second kappa shape index (κ2) is 7.18. The van der Waals surface area contributed by atoms with E-state index < -0.39 is 5.82 Å². The summed E-state index contributed by atoms with van der Waals surface area (Å²) >= 11 is 0. The van der Waals surface area contributed by atoms with E-state index >= 15 is 0 Å². The molecule has 0 aliphatic heterocycles. The van der Waals surface area contributed by atoms with Crippen molar-refractivity contribution >= 4 is 17.6 Å². The van der Waals surface area contributed by atoms with Crippen LogP contribution in [-0.2, 0) is 4.79 Å². The predicted octanol–water partition coefficient (Wildman–Crippen LogP) is 4.21. The van der Waals surface area contributed by atoms with Crippen LogP contribution in [0.4, 0.5) is 4.39 Å². The van der Waals surface area contributed by atoms with Gasteiger partial charge in [-0.05, 0) is 42.7 Å². The lowest BCUT2D eigenvalue weighted by atomic mass is 10.0. The average molecular weight is 337 g/mol. The number of esters is 1. The number of benzene rings is 2. The summed E-state index contributed by atoms with van der Waals surface area (Å²) in [7, 11) is 1.47. The van der Waals surface area contributed by atoms with Crippen molar-refractivity contribution in [2.45, 2.75) is 12.8 Å². The first-order chi connectivity index (χ1) is 12.1. The number of hydrogen-bond acceptors (Lipinski definition) is 4. The molecule has 0 heterocycles. The molecule has 25 heavy (non-hydrogen) atoms. The monoisotopic (exact) mass is 337 g/mol. The highest BCUT2D eigenvalue weighted by Crippen LogP contribution is 2.34. The molecule has 0 aromatic heterocycles. The van der Waals surface area contributed by atoms with Gasteiger partial charge in [-0.3, -0.25) is 4.79 Å². The molecule has 1 fully saturated rings. The van der Waals surface area contributed by atoms with E-state index in [4.69, 9.17) is 9.47 Å². The number of nitrogens with zero attached hydrogens (tertiary/aromatic N) is 1. The van der Waals surface area contributed by atoms with Crippen LogP contribution in [0.25, 0.3) is 11.6 Å². The summed E-state index contributed by atoms with van der Waals surface area (Å²) in [5, 5.41) is 9.35. The predicted molar refractivity (Wildman–Crippen MR) is 91.2 cm³/mol. The minimum absolute atomic E-state index is 0.0180. The molecular formula is C20H16FNO3. The zero-order valence-corrected chi connectivity index (χ0v) is 13.7. The van der Waals surface area contributed by atoms with Gasteiger partial charge in [0.2, 0.25) is 0 Å². The zero-order valence-electron chi connectivity index (χ0n) is 13.7. The molecule has 0 unspecified atom stereocenters. The van der Waals surface area contributed by atoms with Crippen LogP contribution in [0.15, 0.2) is 42.5 Å². The second-order valence-corrected chi connectivity index (χ2v) is 5.76. The van der Waals surface area contributed by atoms with Crippen molar-refractivity contribution in [2.24, 2.45) is 5.92 Å². The molecule has 1 saturated carbocycles. The summed E-state index contributed by atoms with van der Waals surface area (Å²) in [5.74, 6) is -0.0204. The molecule has 0 N–H and O–H groups in total. The van der Waals surface area contributed by atoms with Crippen LogP contribution in [0.1, 0.15) is 24.0 Å². The minimum Gasteiger partial charge on any atom is -0.493 e. The van der Waals surface area contributed by atoms with Crippen LogP contribution in [-0.4, -0.2) is 13.1 Å². The molecule has 3 rings (SSSR count). The second-order valence-electron chi connectivity index (χ2n) is 5.76. The topological polar surface area (TPSA) is 59.3 Å². The molecule has 2 aromatic rings. The van der Waals surface area contributed by atoms with Gasteiger partial charge in [0.05, 0.1) is 24.7 Å². The molecular weight excluding hydrogens is 321 g/mol. The van der Waals surface area contributed by atoms with Gasteiger partial charge in [-0.15, -0.1) is 0 Å². The Balaban J connectivity index is 1.90. The van der Waals surface area contributed by atoms with E-state index in [0.717, 1.165) is 12.8 Å². The van der Waals surface area contributed by atoms with Gasteiger partial charge >= 0.3 is 5.97 Å². The Bertz CT molecular complexity index is 879. The molecule has 5 heteroatoms. The van der Waals surface area contributed by atoms with E-state index in [-0.39, 0.29) is 23.0 Å². The minimum atomic E-state index is -0.461. The van der Waals surface area contributed by atoms with Crippen LogP contribution < -0.4 is 9.47 Å². The highest BCUT2D eigenvalue weighted by atomic mass is 19.1. The fourth-order valence-electron chi connectivity index (χ4n) is 2.39. The SMILES string of the molecule is COc1cc(/C=C(/C#N)c2ccccc2F)ccc1OC(=O)C1CC1. The third-order valence-corrected chi connectivity index (χ3v) is 3.90. The maximum Gasteiger partial charge on any atom is 0.314 e. The number of halogens is 1. The maximum absolute atomic E-state index is 13.9. The quantitative estimate of drug-likeness (QED) is 0.355. The summed E-state index contributed by atoms with van der Waals surface area (Å²) in [6.45, 7) is 0. The Morgan fingerprint density at radius 1 is 1.24 bits per heavy atom. The number of ether oxygens (including phenoxy) is 2. The molecule has 126 valence electrons. The summed E-state index contributed by atoms with van der Waals surface area (Å²) in [4.78, 5) is 11.8. The smallest absolute Gasteiger partial charge is 0.314 e. The van der Waals surface area contributed by atoms with Crippen molar-refractivity contribution in [1.82, 2.24) is 0 Å². The van der Waals surface area contributed by atoms with Crippen LogP contribution in [0.3, 0.4) is 0 Å². The number of methoxy groups -OCH3 is 1. The molecule has 4 nitrogen and oxygen atoms in total. The molecule has 1 aliphatic rings. The first-order valence-electron chi connectivity index (χ1n) is 7.89. The van der Waals surface area contributed by atoms with Gasteiger partial charge < -0.3 is 9.47 Å². The molecule has 0 bridgehead atoms. The fraction of sp³-hybridized carbons (Fsp3) is 0.200. The molecule has 0 spiro atoms. The van der Waals surface area contributed by atoms with E-state index in [1.165, 1.54) is 13.2 Å². The first kappa shape index (κ1) is 16.7. The van der Waals surface area contributed by atoms with E-state index in [2.05, 4.69) is 0 Å². The molecule has 1 aliphatic carbocycles. The number of nitriles is 1. The van der Waals surface area contributed by atoms with E-state index in [1.54, 1.807) is 42.5 Å². The summed E-state index contributed by atoms with van der Waals surface area (Å²) in [5.41, 5.74) is 1.07. The molecule has 0 radical (unpaired) electrons. The molecule has 0 atom stereocenters. The van der Waals surface area contributed by atoms with Crippen molar-refractivity contribution in [1.29, 1.82) is 5.26 Å². The van der Waals surface area contributed by atoms with Crippen molar-refractivity contribution in [3.63, 3.8) is 0 Å². The van der Waals surface area contributed by atoms with E-state index in [0.29, 0.717) is 17.1 Å². The number of carbonyl (C=O) groups excluding carboxylic acids is 1. The van der Waals surface area contributed by atoms with Crippen LogP contribution in [0.5, 0.6) is 11.5 Å². The summed E-state index contributed by atoms with van der Waals surface area (Å²) < 4.78 is 24.5. The Labute approximate surface area is 145 Å². The number of rotatable bonds is 5. The van der Waals surface area contributed by atoms with Crippen LogP contribution in [0.2, 0.25) is 0 Å². The number of carbonyl (C=O) groups is 1. The third kappa shape index (κ3) is 3.86. The van der Waals surface area contributed by atoms with Gasteiger partial charge in [-0.25, -0.2) is 4.39 Å². The summed E-state index contributed by atoms with van der Waals surface area (Å²) in [6, 6.07) is 13.1. The zero-order chi connectivity index (χ0) is 17.8. The summed E-state index contributed by atoms with van der Waals surface area (Å²) in [6.07, 6.45) is 3.28. The third-order valence-electron chi connectivity index (χ3n) is 3.90. The van der Waals surface area contributed by atoms with Gasteiger partial charge in [0.25, 0.3) is 0 Å². The van der Waals surface area contributed by atoms with Crippen LogP contribution in [0, 0.1) is 23.1 Å². The Morgan fingerprint density at radius 2 is 2.00 bits per heavy atom. The lowest BCUT2D eigenvalue weighted by molar-refractivity contribution is -0.135. The van der Waals surface area contributed by atoms with Gasteiger partial charge in [-0.1, -0.05) is 24.3 Å². The average Bonchev–Trinajstić information content (AvgIpc) is 3.46. The first-order valence-corrected chi connectivity index (χ1v) is 7.89. The Hall–Kier alpha value is -3.13. The Morgan fingerprint density at radius 3 is 2.64 bits per heavy atom. The van der Waals surface area contributed by atoms with Gasteiger partial charge in [-0.2, -0.15) is 5.26 Å². The molecule has 0 saturated heterocycles. The largest absolute Gasteiger partial charge is 0.493 e. The maximum atomic E-state index is 13.9. The van der Waals surface area contributed by atoms with Crippen LogP contribution >= 0.6 is 0 Å².